The first-order valence-electron chi connectivity index (χ1n) is 8.55. The maximum atomic E-state index is 12.0. The van der Waals surface area contributed by atoms with Crippen molar-refractivity contribution in [3.63, 3.8) is 0 Å². The molecule has 1 heterocycles. The van der Waals surface area contributed by atoms with E-state index in [0.717, 1.165) is 18.4 Å². The number of rotatable bonds is 6. The Morgan fingerprint density at radius 2 is 1.96 bits per heavy atom. The molecule has 2 N–H and O–H groups in total. The van der Waals surface area contributed by atoms with Gasteiger partial charge in [0.05, 0.1) is 11.9 Å². The number of amides is 2. The molecule has 1 saturated carbocycles. The van der Waals surface area contributed by atoms with Crippen LogP contribution in [0.3, 0.4) is 0 Å². The monoisotopic (exact) mass is 338 g/mol. The number of nitrogens with zero attached hydrogens (tertiary/aromatic N) is 2. The molecule has 0 aliphatic heterocycles. The minimum Gasteiger partial charge on any atom is -0.352 e. The van der Waals surface area contributed by atoms with Gasteiger partial charge in [-0.2, -0.15) is 5.10 Å². The fourth-order valence-electron chi connectivity index (χ4n) is 2.93. The van der Waals surface area contributed by atoms with E-state index < -0.39 is 0 Å². The van der Waals surface area contributed by atoms with Gasteiger partial charge in [-0.15, -0.1) is 0 Å². The quantitative estimate of drug-likeness (QED) is 0.795. The number of benzene rings is 1. The highest BCUT2D eigenvalue weighted by Gasteiger charge is 2.17. The largest absolute Gasteiger partial charge is 0.352 e. The highest BCUT2D eigenvalue weighted by molar-refractivity contribution is 6.01. The molecule has 1 aliphatic carbocycles. The van der Waals surface area contributed by atoms with Crippen LogP contribution in [0.1, 0.15) is 31.2 Å². The van der Waals surface area contributed by atoms with E-state index in [1.54, 1.807) is 12.3 Å². The van der Waals surface area contributed by atoms with E-state index in [1.165, 1.54) is 29.8 Å². The second-order valence-electron chi connectivity index (χ2n) is 6.21. The molecule has 0 unspecified atom stereocenters. The zero-order valence-corrected chi connectivity index (χ0v) is 14.0. The maximum Gasteiger partial charge on any atom is 0.248 e. The Morgan fingerprint density at radius 3 is 2.72 bits per heavy atom. The van der Waals surface area contributed by atoms with Crippen LogP contribution in [0.15, 0.2) is 48.8 Å². The third kappa shape index (κ3) is 5.31. The Balaban J connectivity index is 1.48. The van der Waals surface area contributed by atoms with Gasteiger partial charge in [-0.3, -0.25) is 14.3 Å². The topological polar surface area (TPSA) is 76.0 Å². The van der Waals surface area contributed by atoms with Crippen molar-refractivity contribution in [2.75, 3.05) is 5.32 Å². The molecule has 6 heteroatoms. The summed E-state index contributed by atoms with van der Waals surface area (Å²) < 4.78 is 1.53. The van der Waals surface area contributed by atoms with Gasteiger partial charge in [0.25, 0.3) is 0 Å². The van der Waals surface area contributed by atoms with E-state index in [-0.39, 0.29) is 18.4 Å². The van der Waals surface area contributed by atoms with Gasteiger partial charge < -0.3 is 10.6 Å². The first-order valence-corrected chi connectivity index (χ1v) is 8.55. The van der Waals surface area contributed by atoms with Crippen molar-refractivity contribution in [3.8, 4) is 0 Å². The Bertz CT molecular complexity index is 746. The summed E-state index contributed by atoms with van der Waals surface area (Å²) >= 11 is 0. The lowest BCUT2D eigenvalue weighted by molar-refractivity contribution is -0.122. The number of anilines is 1. The summed E-state index contributed by atoms with van der Waals surface area (Å²) in [5, 5.41) is 9.87. The molecule has 0 atom stereocenters. The van der Waals surface area contributed by atoms with Crippen LogP contribution in [-0.4, -0.2) is 27.6 Å². The third-order valence-electron chi connectivity index (χ3n) is 4.15. The zero-order valence-electron chi connectivity index (χ0n) is 14.0. The molecule has 0 radical (unpaired) electrons. The normalized spacial score (nSPS) is 14.7. The summed E-state index contributed by atoms with van der Waals surface area (Å²) in [6, 6.07) is 9.89. The highest BCUT2D eigenvalue weighted by Crippen LogP contribution is 2.17. The number of hydrogen-bond acceptors (Lipinski definition) is 3. The standard InChI is InChI=1S/C19H22N4O2/c24-18(11-10-15-6-2-1-3-7-15)22-17-12-20-23(13-17)14-19(25)21-16-8-4-5-9-16/h1-3,6-7,10-13,16H,4-5,8-9,14H2,(H,21,25)(H,22,24). The van der Waals surface area contributed by atoms with Crippen LogP contribution in [-0.2, 0) is 16.1 Å². The number of nitrogens with one attached hydrogen (secondary N) is 2. The maximum absolute atomic E-state index is 12.0. The second-order valence-corrected chi connectivity index (χ2v) is 6.21. The van der Waals surface area contributed by atoms with E-state index in [2.05, 4.69) is 15.7 Å². The minimum atomic E-state index is -0.237. The molecule has 3 rings (SSSR count). The fourth-order valence-corrected chi connectivity index (χ4v) is 2.93. The van der Waals surface area contributed by atoms with E-state index in [9.17, 15) is 9.59 Å². The highest BCUT2D eigenvalue weighted by atomic mass is 16.2. The van der Waals surface area contributed by atoms with Crippen LogP contribution in [0, 0.1) is 0 Å². The lowest BCUT2D eigenvalue weighted by Crippen LogP contribution is -2.35. The molecule has 2 amide bonds. The lowest BCUT2D eigenvalue weighted by Gasteiger charge is -2.11. The van der Waals surface area contributed by atoms with Crippen molar-refractivity contribution in [3.05, 3.63) is 54.4 Å². The second kappa shape index (κ2) is 8.28. The minimum absolute atomic E-state index is 0.0446. The van der Waals surface area contributed by atoms with Gasteiger partial charge in [0.2, 0.25) is 11.8 Å². The molecule has 1 aliphatic rings. The molecule has 0 bridgehead atoms. The van der Waals surface area contributed by atoms with Crippen LogP contribution in [0.4, 0.5) is 5.69 Å². The van der Waals surface area contributed by atoms with Crippen LogP contribution in [0.5, 0.6) is 0 Å². The van der Waals surface area contributed by atoms with E-state index in [1.807, 2.05) is 30.3 Å². The lowest BCUT2D eigenvalue weighted by atomic mass is 10.2. The van der Waals surface area contributed by atoms with Gasteiger partial charge in [-0.25, -0.2) is 0 Å². The van der Waals surface area contributed by atoms with Gasteiger partial charge in [-0.1, -0.05) is 43.2 Å². The van der Waals surface area contributed by atoms with Crippen LogP contribution in [0.2, 0.25) is 0 Å². The third-order valence-corrected chi connectivity index (χ3v) is 4.15. The molecule has 25 heavy (non-hydrogen) atoms. The SMILES string of the molecule is O=C(C=Cc1ccccc1)Nc1cnn(CC(=O)NC2CCCC2)c1. The number of hydrogen-bond donors (Lipinski definition) is 2. The molecule has 2 aromatic rings. The summed E-state index contributed by atoms with van der Waals surface area (Å²) in [4.78, 5) is 23.9. The van der Waals surface area contributed by atoms with E-state index >= 15 is 0 Å². The van der Waals surface area contributed by atoms with Crippen molar-refractivity contribution in [1.82, 2.24) is 15.1 Å². The summed E-state index contributed by atoms with van der Waals surface area (Å²) in [6.07, 6.45) is 10.9. The van der Waals surface area contributed by atoms with E-state index in [0.29, 0.717) is 11.7 Å². The number of carbonyl (C=O) groups is 2. The molecule has 1 aromatic heterocycles. The average molecular weight is 338 g/mol. The Kier molecular flexibility index (Phi) is 5.61. The Hall–Kier alpha value is -2.89. The summed E-state index contributed by atoms with van der Waals surface area (Å²) in [5.41, 5.74) is 1.52. The predicted molar refractivity (Wildman–Crippen MR) is 96.7 cm³/mol. The summed E-state index contributed by atoms with van der Waals surface area (Å²) in [5.74, 6) is -0.282. The van der Waals surface area contributed by atoms with Gasteiger partial charge >= 0.3 is 0 Å². The van der Waals surface area contributed by atoms with Gasteiger partial charge in [0.15, 0.2) is 0 Å². The Morgan fingerprint density at radius 1 is 1.20 bits per heavy atom. The van der Waals surface area contributed by atoms with Gasteiger partial charge in [-0.05, 0) is 24.5 Å². The smallest absolute Gasteiger partial charge is 0.248 e. The van der Waals surface area contributed by atoms with E-state index in [4.69, 9.17) is 0 Å². The first-order chi connectivity index (χ1) is 12.2. The average Bonchev–Trinajstić information content (AvgIpc) is 3.26. The van der Waals surface area contributed by atoms with Gasteiger partial charge in [0.1, 0.15) is 6.54 Å². The molecule has 0 saturated heterocycles. The first kappa shape index (κ1) is 17.0. The van der Waals surface area contributed by atoms with Crippen molar-refractivity contribution in [1.29, 1.82) is 0 Å². The van der Waals surface area contributed by atoms with Crippen molar-refractivity contribution >= 4 is 23.6 Å². The zero-order chi connectivity index (χ0) is 17.5. The van der Waals surface area contributed by atoms with Crippen molar-refractivity contribution in [2.45, 2.75) is 38.3 Å². The van der Waals surface area contributed by atoms with Crippen molar-refractivity contribution < 1.29 is 9.59 Å². The molecule has 1 fully saturated rings. The molecule has 6 nitrogen and oxygen atoms in total. The Labute approximate surface area is 146 Å². The molecular formula is C19H22N4O2. The number of aromatic nitrogens is 2. The predicted octanol–water partition coefficient (Wildman–Crippen LogP) is 2.59. The molecular weight excluding hydrogens is 316 g/mol. The fraction of sp³-hybridized carbons (Fsp3) is 0.316. The molecule has 1 aromatic carbocycles. The van der Waals surface area contributed by atoms with Crippen molar-refractivity contribution in [2.24, 2.45) is 0 Å². The molecule has 0 spiro atoms. The summed E-state index contributed by atoms with van der Waals surface area (Å²) in [7, 11) is 0. The number of carbonyl (C=O) groups excluding carboxylic acids is 2. The van der Waals surface area contributed by atoms with Crippen LogP contribution >= 0.6 is 0 Å². The van der Waals surface area contributed by atoms with Crippen LogP contribution < -0.4 is 10.6 Å². The van der Waals surface area contributed by atoms with Crippen LogP contribution in [0.25, 0.3) is 6.08 Å². The summed E-state index contributed by atoms with van der Waals surface area (Å²) in [6.45, 7) is 0.159. The molecule has 130 valence electrons. The van der Waals surface area contributed by atoms with Gasteiger partial charge in [0, 0.05) is 18.3 Å².